The lowest BCUT2D eigenvalue weighted by molar-refractivity contribution is -0.129. The van der Waals surface area contributed by atoms with Gasteiger partial charge in [0.25, 0.3) is 5.91 Å². The molecule has 212 valence electrons. The number of pyridine rings is 1. The number of amides is 2. The number of hydrogen-bond donors (Lipinski definition) is 1. The lowest BCUT2D eigenvalue weighted by atomic mass is 9.85. The van der Waals surface area contributed by atoms with E-state index in [1.807, 2.05) is 51.3 Å². The fourth-order valence-corrected chi connectivity index (χ4v) is 6.49. The summed E-state index contributed by atoms with van der Waals surface area (Å²) in [4.78, 5) is 44.7. The van der Waals surface area contributed by atoms with Crippen LogP contribution in [-0.4, -0.2) is 43.4 Å². The van der Waals surface area contributed by atoms with Gasteiger partial charge in [-0.25, -0.2) is 4.79 Å². The third kappa shape index (κ3) is 5.40. The van der Waals surface area contributed by atoms with Gasteiger partial charge in [-0.3, -0.25) is 23.7 Å². The van der Waals surface area contributed by atoms with E-state index in [0.717, 1.165) is 54.4 Å². The minimum Gasteiger partial charge on any atom is -0.349 e. The lowest BCUT2D eigenvalue weighted by Crippen LogP contribution is -2.39. The Balaban J connectivity index is 1.19. The van der Waals surface area contributed by atoms with Crippen LogP contribution in [0.3, 0.4) is 0 Å². The fourth-order valence-electron chi connectivity index (χ4n) is 6.33. The molecule has 2 aromatic carbocycles. The standard InChI is InChI=1S/C32H34ClN5O3/c1-20-28(16-25(33)17-34-20)31(40)35-26-10-7-22(8-11-26)18-37-29-5-3-4-6-30(29)38(32(37)41)27-12-9-24-19-36(21(2)39)14-13-23(24)15-27/h3-6,9,12,15-17,22,26H,7-8,10-11,13-14,18-19H2,1-2H3,(H,35,40)/t22-,26-. The summed E-state index contributed by atoms with van der Waals surface area (Å²) in [6.07, 6.45) is 5.90. The van der Waals surface area contributed by atoms with E-state index in [9.17, 15) is 14.4 Å². The van der Waals surface area contributed by atoms with Crippen LogP contribution in [0.4, 0.5) is 0 Å². The smallest absolute Gasteiger partial charge is 0.333 e. The Morgan fingerprint density at radius 1 is 1.02 bits per heavy atom. The first-order valence-electron chi connectivity index (χ1n) is 14.3. The van der Waals surface area contributed by atoms with E-state index in [1.54, 1.807) is 19.2 Å². The van der Waals surface area contributed by atoms with Gasteiger partial charge < -0.3 is 10.2 Å². The van der Waals surface area contributed by atoms with Crippen molar-refractivity contribution in [3.05, 3.63) is 92.6 Å². The van der Waals surface area contributed by atoms with Gasteiger partial charge in [0.05, 0.1) is 33.0 Å². The lowest BCUT2D eigenvalue weighted by Gasteiger charge is -2.29. The zero-order valence-corrected chi connectivity index (χ0v) is 24.2. The van der Waals surface area contributed by atoms with Crippen molar-refractivity contribution in [3.8, 4) is 5.69 Å². The monoisotopic (exact) mass is 571 g/mol. The average molecular weight is 572 g/mol. The largest absolute Gasteiger partial charge is 0.349 e. The number of para-hydroxylation sites is 2. The van der Waals surface area contributed by atoms with Crippen LogP contribution < -0.4 is 11.0 Å². The molecule has 0 radical (unpaired) electrons. The van der Waals surface area contributed by atoms with Gasteiger partial charge >= 0.3 is 5.69 Å². The minimum absolute atomic E-state index is 0.0355. The molecule has 4 aromatic rings. The highest BCUT2D eigenvalue weighted by Gasteiger charge is 2.26. The average Bonchev–Trinajstić information content (AvgIpc) is 3.25. The van der Waals surface area contributed by atoms with Gasteiger partial charge in [0, 0.05) is 38.8 Å². The number of nitrogens with zero attached hydrogens (tertiary/aromatic N) is 4. The summed E-state index contributed by atoms with van der Waals surface area (Å²) in [5.74, 6) is 0.291. The third-order valence-corrected chi connectivity index (χ3v) is 8.87. The van der Waals surface area contributed by atoms with Crippen molar-refractivity contribution in [3.63, 3.8) is 0 Å². The van der Waals surface area contributed by atoms with Gasteiger partial charge in [-0.15, -0.1) is 0 Å². The summed E-state index contributed by atoms with van der Waals surface area (Å²) < 4.78 is 3.73. The number of hydrogen-bond acceptors (Lipinski definition) is 4. The van der Waals surface area contributed by atoms with Crippen molar-refractivity contribution >= 4 is 34.4 Å². The van der Waals surface area contributed by atoms with Gasteiger partial charge in [-0.05, 0) is 86.4 Å². The maximum absolute atomic E-state index is 13.9. The molecule has 1 saturated carbocycles. The Morgan fingerprint density at radius 2 is 1.78 bits per heavy atom. The molecule has 0 saturated heterocycles. The predicted molar refractivity (Wildman–Crippen MR) is 160 cm³/mol. The molecule has 2 aromatic heterocycles. The zero-order valence-electron chi connectivity index (χ0n) is 23.4. The van der Waals surface area contributed by atoms with Crippen molar-refractivity contribution < 1.29 is 9.59 Å². The quantitative estimate of drug-likeness (QED) is 0.363. The first kappa shape index (κ1) is 27.3. The number of carbonyl (C=O) groups excluding carboxylic acids is 2. The first-order chi connectivity index (χ1) is 19.8. The van der Waals surface area contributed by atoms with Crippen molar-refractivity contribution in [2.75, 3.05) is 6.54 Å². The third-order valence-electron chi connectivity index (χ3n) is 8.66. The molecule has 0 spiro atoms. The maximum Gasteiger partial charge on any atom is 0.333 e. The number of nitrogens with one attached hydrogen (secondary N) is 1. The highest BCUT2D eigenvalue weighted by atomic mass is 35.5. The SMILES string of the molecule is CC(=O)N1CCc2cc(-n3c(=O)n(C[C@H]4CC[C@H](NC(=O)c5cc(Cl)cnc5C)CC4)c4ccccc43)ccc2C1. The molecule has 6 rings (SSSR count). The molecule has 1 aliphatic heterocycles. The van der Waals surface area contributed by atoms with Crippen molar-refractivity contribution in [1.82, 2.24) is 24.3 Å². The molecule has 41 heavy (non-hydrogen) atoms. The van der Waals surface area contributed by atoms with Gasteiger partial charge in [0.15, 0.2) is 0 Å². The van der Waals surface area contributed by atoms with Crippen LogP contribution in [0.1, 0.15) is 59.8 Å². The second-order valence-corrected chi connectivity index (χ2v) is 11.8. The molecule has 0 bridgehead atoms. The van der Waals surface area contributed by atoms with Crippen LogP contribution in [0.25, 0.3) is 16.7 Å². The molecule has 1 N–H and O–H groups in total. The summed E-state index contributed by atoms with van der Waals surface area (Å²) in [6, 6.07) is 15.9. The number of aryl methyl sites for hydroxylation is 1. The number of imidazole rings is 1. The van der Waals surface area contributed by atoms with E-state index in [2.05, 4.69) is 22.4 Å². The second kappa shape index (κ2) is 11.2. The zero-order chi connectivity index (χ0) is 28.7. The Kier molecular flexibility index (Phi) is 7.43. The van der Waals surface area contributed by atoms with E-state index < -0.39 is 0 Å². The van der Waals surface area contributed by atoms with Gasteiger partial charge in [0.2, 0.25) is 5.91 Å². The highest BCUT2D eigenvalue weighted by molar-refractivity contribution is 6.30. The Hall–Kier alpha value is -3.91. The van der Waals surface area contributed by atoms with Crippen LogP contribution >= 0.6 is 11.6 Å². The maximum atomic E-state index is 13.9. The molecule has 1 fully saturated rings. The van der Waals surface area contributed by atoms with Crippen LogP contribution in [0, 0.1) is 12.8 Å². The van der Waals surface area contributed by atoms with Gasteiger partial charge in [-0.2, -0.15) is 0 Å². The Morgan fingerprint density at radius 3 is 2.54 bits per heavy atom. The molecule has 8 nitrogen and oxygen atoms in total. The highest BCUT2D eigenvalue weighted by Crippen LogP contribution is 2.29. The number of carbonyl (C=O) groups is 2. The number of benzene rings is 2. The van der Waals surface area contributed by atoms with E-state index in [-0.39, 0.29) is 23.5 Å². The fraction of sp³-hybridized carbons (Fsp3) is 0.375. The first-order valence-corrected chi connectivity index (χ1v) is 14.7. The molecule has 1 aliphatic carbocycles. The normalized spacial score (nSPS) is 18.8. The van der Waals surface area contributed by atoms with E-state index >= 15 is 0 Å². The number of aromatic nitrogens is 3. The van der Waals surface area contributed by atoms with Gasteiger partial charge in [0.1, 0.15) is 0 Å². The molecule has 0 atom stereocenters. The predicted octanol–water partition coefficient (Wildman–Crippen LogP) is 5.04. The summed E-state index contributed by atoms with van der Waals surface area (Å²) in [6.45, 7) is 5.36. The van der Waals surface area contributed by atoms with Crippen molar-refractivity contribution in [2.24, 2.45) is 5.92 Å². The number of fused-ring (bicyclic) bond motifs is 2. The molecule has 2 aliphatic rings. The summed E-state index contributed by atoms with van der Waals surface area (Å²) in [5.41, 5.74) is 6.14. The Labute approximate surface area is 243 Å². The molecular weight excluding hydrogens is 538 g/mol. The van der Waals surface area contributed by atoms with Crippen LogP contribution in [0.2, 0.25) is 5.02 Å². The number of rotatable bonds is 5. The van der Waals surface area contributed by atoms with Crippen molar-refractivity contribution in [1.29, 1.82) is 0 Å². The van der Waals surface area contributed by atoms with Gasteiger partial charge in [-0.1, -0.05) is 29.8 Å². The molecular formula is C32H34ClN5O3. The topological polar surface area (TPSA) is 89.2 Å². The van der Waals surface area contributed by atoms with Crippen LogP contribution in [-0.2, 0) is 24.3 Å². The molecule has 0 unspecified atom stereocenters. The van der Waals surface area contributed by atoms with E-state index in [1.165, 1.54) is 5.56 Å². The summed E-state index contributed by atoms with van der Waals surface area (Å²) in [7, 11) is 0. The summed E-state index contributed by atoms with van der Waals surface area (Å²) >= 11 is 6.06. The van der Waals surface area contributed by atoms with Crippen LogP contribution in [0.15, 0.2) is 59.5 Å². The second-order valence-electron chi connectivity index (χ2n) is 11.3. The Bertz CT molecular complexity index is 1700. The van der Waals surface area contributed by atoms with E-state index in [0.29, 0.717) is 41.8 Å². The van der Waals surface area contributed by atoms with E-state index in [4.69, 9.17) is 11.6 Å². The van der Waals surface area contributed by atoms with Crippen molar-refractivity contribution in [2.45, 2.75) is 65.1 Å². The summed E-state index contributed by atoms with van der Waals surface area (Å²) in [5, 5.41) is 3.60. The minimum atomic E-state index is -0.140. The molecule has 2 amide bonds. The van der Waals surface area contributed by atoms with Crippen LogP contribution in [0.5, 0.6) is 0 Å². The molecule has 3 heterocycles. The number of halogens is 1. The molecule has 9 heteroatoms.